The maximum Gasteiger partial charge on any atom is 0.0584 e. The second kappa shape index (κ2) is 6.54. The number of hydrogen-bond acceptors (Lipinski definition) is 1. The van der Waals surface area contributed by atoms with E-state index in [0.29, 0.717) is 0 Å². The molecule has 0 aromatic heterocycles. The van der Waals surface area contributed by atoms with Gasteiger partial charge in [-0.05, 0) is 18.0 Å². The molecule has 1 nitrogen and oxygen atoms in total. The van der Waals surface area contributed by atoms with Crippen LogP contribution in [0.1, 0.15) is 32.8 Å². The van der Waals surface area contributed by atoms with Crippen molar-refractivity contribution in [1.29, 1.82) is 0 Å². The van der Waals surface area contributed by atoms with Gasteiger partial charge in [-0.1, -0.05) is 56.3 Å². The van der Waals surface area contributed by atoms with Gasteiger partial charge in [-0.3, -0.25) is 0 Å². The molecule has 0 spiro atoms. The first kappa shape index (κ1) is 13.0. The predicted molar refractivity (Wildman–Crippen MR) is 77.0 cm³/mol. The van der Waals surface area contributed by atoms with E-state index in [4.69, 9.17) is 0 Å². The summed E-state index contributed by atoms with van der Waals surface area (Å²) in [6, 6.07) is 8.71. The van der Waals surface area contributed by atoms with Crippen LogP contribution in [-0.4, -0.2) is 16.1 Å². The summed E-state index contributed by atoms with van der Waals surface area (Å²) in [5, 5.41) is 4.87. The quantitative estimate of drug-likeness (QED) is 0.743. The second-order valence-electron chi connectivity index (χ2n) is 4.38. The molecule has 0 aliphatic rings. The summed E-state index contributed by atoms with van der Waals surface area (Å²) in [5.74, 6) is 0. The van der Waals surface area contributed by atoms with Crippen LogP contribution in [0.25, 0.3) is 5.70 Å². The molecular weight excluding hydrogens is 210 g/mol. The molecule has 88 valence electrons. The molecule has 0 saturated carbocycles. The molecule has 0 aliphatic carbocycles. The van der Waals surface area contributed by atoms with Gasteiger partial charge in [-0.15, -0.1) is 0 Å². The van der Waals surface area contributed by atoms with Gasteiger partial charge in [0, 0.05) is 12.2 Å². The smallest absolute Gasteiger partial charge is 0.0584 e. The lowest BCUT2D eigenvalue weighted by molar-refractivity contribution is 0.873. The average molecular weight is 233 g/mol. The van der Waals surface area contributed by atoms with Gasteiger partial charge < -0.3 is 5.32 Å². The molecule has 1 N–H and O–H groups in total. The van der Waals surface area contributed by atoms with E-state index < -0.39 is 0 Å². The minimum Gasteiger partial charge on any atom is -0.385 e. The van der Waals surface area contributed by atoms with Crippen molar-refractivity contribution in [2.45, 2.75) is 32.7 Å². The molecule has 0 radical (unpaired) electrons. The molecular formula is C14H23NSi. The van der Waals surface area contributed by atoms with Crippen LogP contribution in [0.4, 0.5) is 0 Å². The Labute approximate surface area is 102 Å². The summed E-state index contributed by atoms with van der Waals surface area (Å²) in [6.07, 6.45) is 1.29. The zero-order chi connectivity index (χ0) is 12.0. The highest BCUT2D eigenvalue weighted by atomic mass is 28.2. The Bertz CT molecular complexity index is 346. The predicted octanol–water partition coefficient (Wildman–Crippen LogP) is 2.28. The maximum atomic E-state index is 4.12. The summed E-state index contributed by atoms with van der Waals surface area (Å²) < 4.78 is 0. The van der Waals surface area contributed by atoms with E-state index in [9.17, 15) is 0 Å². The fourth-order valence-corrected chi connectivity index (χ4v) is 3.68. The molecule has 0 amide bonds. The highest BCUT2D eigenvalue weighted by Crippen LogP contribution is 2.11. The fraction of sp³-hybridized carbons (Fsp3) is 0.429. The highest BCUT2D eigenvalue weighted by Gasteiger charge is 2.08. The van der Waals surface area contributed by atoms with E-state index in [2.05, 4.69) is 56.9 Å². The molecule has 0 bridgehead atoms. The maximum absolute atomic E-state index is 4.12. The van der Waals surface area contributed by atoms with Crippen LogP contribution in [0.3, 0.4) is 0 Å². The lowest BCUT2D eigenvalue weighted by atomic mass is 10.2. The van der Waals surface area contributed by atoms with Crippen LogP contribution in [-0.2, 0) is 0 Å². The third kappa shape index (κ3) is 3.53. The van der Waals surface area contributed by atoms with Crippen LogP contribution in [0, 0.1) is 0 Å². The molecule has 2 heteroatoms. The first-order chi connectivity index (χ1) is 7.69. The van der Waals surface area contributed by atoms with Crippen molar-refractivity contribution in [3.63, 3.8) is 0 Å². The van der Waals surface area contributed by atoms with E-state index in [1.54, 1.807) is 5.19 Å². The Morgan fingerprint density at radius 3 is 2.69 bits per heavy atom. The Morgan fingerprint density at radius 2 is 2.06 bits per heavy atom. The van der Waals surface area contributed by atoms with Crippen LogP contribution >= 0.6 is 0 Å². The molecule has 0 saturated heterocycles. The summed E-state index contributed by atoms with van der Waals surface area (Å²) in [7, 11) is -0.177. The molecule has 1 rings (SSSR count). The summed E-state index contributed by atoms with van der Waals surface area (Å²) >= 11 is 0. The van der Waals surface area contributed by atoms with E-state index in [-0.39, 0.29) is 9.52 Å². The van der Waals surface area contributed by atoms with E-state index >= 15 is 0 Å². The van der Waals surface area contributed by atoms with Crippen LogP contribution in [0.2, 0.25) is 5.54 Å². The van der Waals surface area contributed by atoms with E-state index in [1.807, 2.05) is 0 Å². The van der Waals surface area contributed by atoms with Gasteiger partial charge in [0.1, 0.15) is 0 Å². The van der Waals surface area contributed by atoms with Crippen molar-refractivity contribution in [3.8, 4) is 0 Å². The number of nitrogens with one attached hydrogen (secondary N) is 1. The summed E-state index contributed by atoms with van der Waals surface area (Å²) in [4.78, 5) is 0. The Kier molecular flexibility index (Phi) is 5.33. The SMILES string of the molecule is C=C(NCC)c1ccccc1[SiH2]C(C)CC. The zero-order valence-electron chi connectivity index (χ0n) is 10.7. The molecule has 1 aromatic rings. The largest absolute Gasteiger partial charge is 0.385 e. The van der Waals surface area contributed by atoms with Crippen LogP contribution in [0.15, 0.2) is 30.8 Å². The van der Waals surface area contributed by atoms with Gasteiger partial charge in [-0.25, -0.2) is 0 Å². The van der Waals surface area contributed by atoms with Crippen molar-refractivity contribution >= 4 is 20.4 Å². The lowest BCUT2D eigenvalue weighted by Gasteiger charge is -2.15. The van der Waals surface area contributed by atoms with Gasteiger partial charge in [0.2, 0.25) is 0 Å². The van der Waals surface area contributed by atoms with Crippen molar-refractivity contribution in [1.82, 2.24) is 5.32 Å². The third-order valence-electron chi connectivity index (χ3n) is 3.00. The Balaban J connectivity index is 2.87. The zero-order valence-corrected chi connectivity index (χ0v) is 12.1. The van der Waals surface area contributed by atoms with Crippen molar-refractivity contribution in [2.75, 3.05) is 6.54 Å². The molecule has 1 atom stereocenters. The average Bonchev–Trinajstić information content (AvgIpc) is 2.30. The van der Waals surface area contributed by atoms with Gasteiger partial charge in [0.25, 0.3) is 0 Å². The third-order valence-corrected chi connectivity index (χ3v) is 5.33. The number of rotatable bonds is 6. The highest BCUT2D eigenvalue weighted by molar-refractivity contribution is 6.56. The topological polar surface area (TPSA) is 12.0 Å². The van der Waals surface area contributed by atoms with E-state index in [0.717, 1.165) is 17.8 Å². The summed E-state index contributed by atoms with van der Waals surface area (Å²) in [6.45, 7) is 11.8. The van der Waals surface area contributed by atoms with Gasteiger partial charge in [-0.2, -0.15) is 0 Å². The first-order valence-electron chi connectivity index (χ1n) is 6.20. The van der Waals surface area contributed by atoms with Gasteiger partial charge >= 0.3 is 0 Å². The second-order valence-corrected chi connectivity index (χ2v) is 6.95. The minimum absolute atomic E-state index is 0.177. The van der Waals surface area contributed by atoms with Crippen molar-refractivity contribution in [3.05, 3.63) is 36.4 Å². The molecule has 0 fully saturated rings. The van der Waals surface area contributed by atoms with Gasteiger partial charge in [0.05, 0.1) is 9.52 Å². The monoisotopic (exact) mass is 233 g/mol. The molecule has 1 unspecified atom stereocenters. The van der Waals surface area contributed by atoms with Crippen LogP contribution in [0.5, 0.6) is 0 Å². The van der Waals surface area contributed by atoms with Crippen LogP contribution < -0.4 is 10.5 Å². The first-order valence-corrected chi connectivity index (χ1v) is 7.72. The summed E-state index contributed by atoms with van der Waals surface area (Å²) in [5.41, 5.74) is 3.28. The molecule has 0 heterocycles. The number of benzene rings is 1. The normalized spacial score (nSPS) is 12.9. The number of hydrogen-bond donors (Lipinski definition) is 1. The lowest BCUT2D eigenvalue weighted by Crippen LogP contribution is -2.25. The van der Waals surface area contributed by atoms with Gasteiger partial charge in [0.15, 0.2) is 0 Å². The fourth-order valence-electron chi connectivity index (χ4n) is 1.82. The molecule has 1 aromatic carbocycles. The van der Waals surface area contributed by atoms with E-state index in [1.165, 1.54) is 12.0 Å². The van der Waals surface area contributed by atoms with Crippen molar-refractivity contribution < 1.29 is 0 Å². The molecule has 16 heavy (non-hydrogen) atoms. The standard InChI is InChI=1S/C14H23NSi/c1-5-11(3)16-14-10-8-7-9-13(14)12(4)15-6-2/h7-11,15H,4-6,16H2,1-3H3. The Hall–Kier alpha value is -1.02. The molecule has 0 aliphatic heterocycles. The Morgan fingerprint density at radius 1 is 1.38 bits per heavy atom. The van der Waals surface area contributed by atoms with Crippen molar-refractivity contribution in [2.24, 2.45) is 0 Å². The minimum atomic E-state index is -0.177.